The third-order valence-corrected chi connectivity index (χ3v) is 3.89. The smallest absolute Gasteiger partial charge is 0.237 e. The summed E-state index contributed by atoms with van der Waals surface area (Å²) >= 11 is 1.62. The summed E-state index contributed by atoms with van der Waals surface area (Å²) in [5, 5.41) is 5.48. The van der Waals surface area contributed by atoms with Crippen LogP contribution in [0.2, 0.25) is 0 Å². The number of aromatic nitrogens is 2. The first-order chi connectivity index (χ1) is 8.63. The lowest BCUT2D eigenvalue weighted by Gasteiger charge is -2.20. The van der Waals surface area contributed by atoms with Gasteiger partial charge >= 0.3 is 0 Å². The van der Waals surface area contributed by atoms with E-state index in [1.54, 1.807) is 18.4 Å². The molecule has 0 saturated heterocycles. The molecule has 0 aliphatic carbocycles. The van der Waals surface area contributed by atoms with Crippen LogP contribution in [0.1, 0.15) is 12.6 Å². The number of fused-ring (bicyclic) bond motifs is 1. The summed E-state index contributed by atoms with van der Waals surface area (Å²) < 4.78 is 7.40. The molecule has 1 N–H and O–H groups in total. The van der Waals surface area contributed by atoms with Crippen molar-refractivity contribution in [3.63, 3.8) is 0 Å². The Morgan fingerprint density at radius 2 is 2.33 bits per heavy atom. The van der Waals surface area contributed by atoms with E-state index in [-0.39, 0.29) is 0 Å². The van der Waals surface area contributed by atoms with E-state index in [4.69, 9.17) is 4.74 Å². The molecule has 100 valence electrons. The quantitative estimate of drug-likeness (QED) is 0.861. The number of imidazole rings is 1. The minimum absolute atomic E-state index is 0.502. The second-order valence-corrected chi connectivity index (χ2v) is 5.44. The number of ether oxygens (including phenoxy) is 1. The van der Waals surface area contributed by atoms with Crippen LogP contribution in [0.3, 0.4) is 0 Å². The largest absolute Gasteiger partial charge is 0.480 e. The molecule has 0 saturated carbocycles. The van der Waals surface area contributed by atoms with Crippen LogP contribution >= 0.6 is 11.3 Å². The zero-order valence-electron chi connectivity index (χ0n) is 11.3. The van der Waals surface area contributed by atoms with Gasteiger partial charge in [0.2, 0.25) is 5.88 Å². The molecule has 0 aromatic carbocycles. The number of nitrogens with zero attached hydrogens (tertiary/aromatic N) is 3. The van der Waals surface area contributed by atoms with Crippen molar-refractivity contribution >= 4 is 16.3 Å². The van der Waals surface area contributed by atoms with E-state index in [0.29, 0.717) is 11.9 Å². The molecule has 2 rings (SSSR count). The van der Waals surface area contributed by atoms with Crippen LogP contribution in [0.15, 0.2) is 11.6 Å². The Hall–Kier alpha value is -1.11. The van der Waals surface area contributed by atoms with E-state index in [9.17, 15) is 0 Å². The number of hydrogen-bond donors (Lipinski definition) is 1. The van der Waals surface area contributed by atoms with Gasteiger partial charge in [-0.05, 0) is 21.0 Å². The van der Waals surface area contributed by atoms with Gasteiger partial charge in [0, 0.05) is 30.7 Å². The van der Waals surface area contributed by atoms with E-state index in [2.05, 4.69) is 40.6 Å². The van der Waals surface area contributed by atoms with E-state index in [1.165, 1.54) is 0 Å². The molecular weight excluding hydrogens is 248 g/mol. The first kappa shape index (κ1) is 13.3. The zero-order chi connectivity index (χ0) is 13.1. The lowest BCUT2D eigenvalue weighted by Crippen LogP contribution is -2.35. The molecule has 0 bridgehead atoms. The molecule has 0 radical (unpaired) electrons. The highest BCUT2D eigenvalue weighted by molar-refractivity contribution is 7.15. The Morgan fingerprint density at radius 1 is 1.56 bits per heavy atom. The van der Waals surface area contributed by atoms with Crippen molar-refractivity contribution in [3.8, 4) is 5.88 Å². The fourth-order valence-corrected chi connectivity index (χ4v) is 2.44. The van der Waals surface area contributed by atoms with Gasteiger partial charge in [-0.2, -0.15) is 4.98 Å². The Bertz CT molecular complexity index is 505. The van der Waals surface area contributed by atoms with Crippen LogP contribution in [-0.2, 0) is 6.54 Å². The summed E-state index contributed by atoms with van der Waals surface area (Å²) in [6, 6.07) is 0.502. The molecule has 2 aromatic rings. The number of rotatable bonds is 6. The lowest BCUT2D eigenvalue weighted by atomic mass is 10.3. The van der Waals surface area contributed by atoms with Gasteiger partial charge in [0.1, 0.15) is 5.69 Å². The van der Waals surface area contributed by atoms with Crippen LogP contribution in [0.4, 0.5) is 0 Å². The number of thiazole rings is 1. The van der Waals surface area contributed by atoms with Gasteiger partial charge in [-0.3, -0.25) is 4.40 Å². The molecule has 1 atom stereocenters. The second kappa shape index (κ2) is 5.69. The van der Waals surface area contributed by atoms with Gasteiger partial charge < -0.3 is 15.0 Å². The minimum Gasteiger partial charge on any atom is -0.480 e. The first-order valence-corrected chi connectivity index (χ1v) is 6.87. The Kier molecular flexibility index (Phi) is 4.21. The van der Waals surface area contributed by atoms with Crippen molar-refractivity contribution in [2.75, 3.05) is 27.7 Å². The number of hydrogen-bond acceptors (Lipinski definition) is 5. The van der Waals surface area contributed by atoms with Crippen molar-refractivity contribution in [1.82, 2.24) is 19.6 Å². The normalized spacial score (nSPS) is 13.4. The molecule has 5 nitrogen and oxygen atoms in total. The van der Waals surface area contributed by atoms with E-state index in [1.807, 2.05) is 11.6 Å². The maximum Gasteiger partial charge on any atom is 0.237 e. The van der Waals surface area contributed by atoms with Crippen LogP contribution < -0.4 is 10.1 Å². The summed E-state index contributed by atoms with van der Waals surface area (Å²) in [6.45, 7) is 3.90. The molecule has 1 unspecified atom stereocenters. The molecule has 0 amide bonds. The first-order valence-electron chi connectivity index (χ1n) is 5.99. The average Bonchev–Trinajstić information content (AvgIpc) is 2.90. The topological polar surface area (TPSA) is 41.8 Å². The predicted molar refractivity (Wildman–Crippen MR) is 74.5 cm³/mol. The Morgan fingerprint density at radius 3 is 3.00 bits per heavy atom. The predicted octanol–water partition coefficient (Wildman–Crippen LogP) is 1.44. The van der Waals surface area contributed by atoms with Gasteiger partial charge in [-0.25, -0.2) is 0 Å². The Labute approximate surface area is 111 Å². The van der Waals surface area contributed by atoms with E-state index < -0.39 is 0 Å². The molecule has 0 fully saturated rings. The number of likely N-dealkylation sites (N-methyl/N-ethyl adjacent to an activating group) is 1. The van der Waals surface area contributed by atoms with Crippen molar-refractivity contribution in [3.05, 3.63) is 17.3 Å². The third-order valence-electron chi connectivity index (χ3n) is 3.13. The highest BCUT2D eigenvalue weighted by Crippen LogP contribution is 2.22. The second-order valence-electron chi connectivity index (χ2n) is 4.57. The lowest BCUT2D eigenvalue weighted by molar-refractivity contribution is 0.301. The highest BCUT2D eigenvalue weighted by Gasteiger charge is 2.13. The van der Waals surface area contributed by atoms with Gasteiger partial charge in [-0.1, -0.05) is 0 Å². The van der Waals surface area contributed by atoms with Gasteiger partial charge in [-0.15, -0.1) is 11.3 Å². The molecular formula is C12H20N4OS. The summed E-state index contributed by atoms with van der Waals surface area (Å²) in [6.07, 6.45) is 2.03. The van der Waals surface area contributed by atoms with Crippen LogP contribution in [0, 0.1) is 0 Å². The highest BCUT2D eigenvalue weighted by atomic mass is 32.1. The maximum atomic E-state index is 5.32. The van der Waals surface area contributed by atoms with Crippen molar-refractivity contribution < 1.29 is 4.74 Å². The molecule has 2 heterocycles. The van der Waals surface area contributed by atoms with Crippen molar-refractivity contribution in [2.45, 2.75) is 19.5 Å². The molecule has 0 aliphatic rings. The Balaban J connectivity index is 2.04. The molecule has 0 spiro atoms. The summed E-state index contributed by atoms with van der Waals surface area (Å²) in [7, 11) is 5.84. The molecule has 2 aromatic heterocycles. The maximum absolute atomic E-state index is 5.32. The van der Waals surface area contributed by atoms with Gasteiger partial charge in [0.25, 0.3) is 0 Å². The van der Waals surface area contributed by atoms with Crippen LogP contribution in [-0.4, -0.2) is 48.1 Å². The SMILES string of the molecule is COc1nc2sccn2c1CNCC(C)N(C)C. The molecule has 18 heavy (non-hydrogen) atoms. The fraction of sp³-hybridized carbons (Fsp3) is 0.583. The standard InChI is InChI=1S/C12H20N4OS/c1-9(15(2)3)7-13-8-10-11(17-4)14-12-16(10)5-6-18-12/h5-6,9,13H,7-8H2,1-4H3. The van der Waals surface area contributed by atoms with E-state index in [0.717, 1.165) is 23.7 Å². The minimum atomic E-state index is 0.502. The zero-order valence-corrected chi connectivity index (χ0v) is 12.1. The average molecular weight is 268 g/mol. The summed E-state index contributed by atoms with van der Waals surface area (Å²) in [4.78, 5) is 7.60. The van der Waals surface area contributed by atoms with E-state index >= 15 is 0 Å². The van der Waals surface area contributed by atoms with Crippen molar-refractivity contribution in [2.24, 2.45) is 0 Å². The van der Waals surface area contributed by atoms with Gasteiger partial charge in [0.15, 0.2) is 4.96 Å². The van der Waals surface area contributed by atoms with Crippen LogP contribution in [0.5, 0.6) is 5.88 Å². The van der Waals surface area contributed by atoms with Gasteiger partial charge in [0.05, 0.1) is 7.11 Å². The van der Waals surface area contributed by atoms with Crippen LogP contribution in [0.25, 0.3) is 4.96 Å². The van der Waals surface area contributed by atoms with Crippen molar-refractivity contribution in [1.29, 1.82) is 0 Å². The summed E-state index contributed by atoms with van der Waals surface area (Å²) in [5.74, 6) is 0.715. The summed E-state index contributed by atoms with van der Waals surface area (Å²) in [5.41, 5.74) is 1.08. The third kappa shape index (κ3) is 2.66. The fourth-order valence-electron chi connectivity index (χ4n) is 1.72. The number of methoxy groups -OCH3 is 1. The molecule has 0 aliphatic heterocycles. The molecule has 6 heteroatoms. The monoisotopic (exact) mass is 268 g/mol. The number of nitrogens with one attached hydrogen (secondary N) is 1.